The quantitative estimate of drug-likeness (QED) is 0.825. The van der Waals surface area contributed by atoms with E-state index in [4.69, 9.17) is 5.73 Å². The summed E-state index contributed by atoms with van der Waals surface area (Å²) in [6.45, 7) is 6.02. The van der Waals surface area contributed by atoms with Crippen molar-refractivity contribution in [2.45, 2.75) is 30.8 Å². The Balaban J connectivity index is 2.27. The molecular formula is C12H14N4S. The molecule has 0 aliphatic heterocycles. The summed E-state index contributed by atoms with van der Waals surface area (Å²) in [5.74, 6) is 0.520. The van der Waals surface area contributed by atoms with Crippen LogP contribution in [0.3, 0.4) is 0 Å². The monoisotopic (exact) mass is 246 g/mol. The number of hydrogen-bond donors (Lipinski definition) is 1. The van der Waals surface area contributed by atoms with Crippen molar-refractivity contribution in [3.8, 4) is 0 Å². The number of rotatable bonds is 2. The lowest BCUT2D eigenvalue weighted by atomic mass is 10.2. The number of nitrogens with zero attached hydrogens (tertiary/aromatic N) is 3. The molecule has 0 radical (unpaired) electrons. The highest BCUT2D eigenvalue weighted by Crippen LogP contribution is 2.25. The Morgan fingerprint density at radius 3 is 2.24 bits per heavy atom. The highest BCUT2D eigenvalue weighted by molar-refractivity contribution is 7.99. The second-order valence-electron chi connectivity index (χ2n) is 3.82. The molecule has 0 unspecified atom stereocenters. The maximum atomic E-state index is 5.54. The number of aromatic nitrogens is 3. The van der Waals surface area contributed by atoms with Crippen LogP contribution in [0, 0.1) is 20.8 Å². The SMILES string of the molecule is Cc1nc(Sc2ccc(N)nc2)nc(C)c1C. The topological polar surface area (TPSA) is 64.7 Å². The van der Waals surface area contributed by atoms with Crippen LogP contribution in [0.5, 0.6) is 0 Å². The summed E-state index contributed by atoms with van der Waals surface area (Å²) in [4.78, 5) is 13.9. The number of pyridine rings is 1. The van der Waals surface area contributed by atoms with Crippen LogP contribution in [0.25, 0.3) is 0 Å². The molecule has 4 nitrogen and oxygen atoms in total. The predicted octanol–water partition coefficient (Wildman–Crippen LogP) is 2.53. The van der Waals surface area contributed by atoms with E-state index in [2.05, 4.69) is 15.0 Å². The van der Waals surface area contributed by atoms with E-state index >= 15 is 0 Å². The van der Waals surface area contributed by atoms with Crippen LogP contribution in [-0.2, 0) is 0 Å². The van der Waals surface area contributed by atoms with Gasteiger partial charge in [-0.3, -0.25) is 0 Å². The van der Waals surface area contributed by atoms with Gasteiger partial charge in [0, 0.05) is 22.5 Å². The lowest BCUT2D eigenvalue weighted by Crippen LogP contribution is -1.98. The average molecular weight is 246 g/mol. The normalized spacial score (nSPS) is 10.5. The Morgan fingerprint density at radius 1 is 1.06 bits per heavy atom. The molecule has 0 saturated carbocycles. The summed E-state index contributed by atoms with van der Waals surface area (Å²) >= 11 is 1.49. The average Bonchev–Trinajstić information content (AvgIpc) is 2.29. The highest BCUT2D eigenvalue weighted by atomic mass is 32.2. The van der Waals surface area contributed by atoms with Crippen molar-refractivity contribution in [2.24, 2.45) is 0 Å². The zero-order valence-electron chi connectivity index (χ0n) is 10.1. The van der Waals surface area contributed by atoms with E-state index in [1.165, 1.54) is 11.8 Å². The van der Waals surface area contributed by atoms with Crippen LogP contribution in [-0.4, -0.2) is 15.0 Å². The lowest BCUT2D eigenvalue weighted by molar-refractivity contribution is 0.880. The number of nitrogen functional groups attached to an aromatic ring is 1. The van der Waals surface area contributed by atoms with Crippen molar-refractivity contribution < 1.29 is 0 Å². The minimum absolute atomic E-state index is 0.520. The van der Waals surface area contributed by atoms with Gasteiger partial charge in [-0.05, 0) is 50.2 Å². The Labute approximate surface area is 105 Å². The van der Waals surface area contributed by atoms with Crippen LogP contribution in [0.15, 0.2) is 28.4 Å². The molecule has 2 N–H and O–H groups in total. The molecule has 2 rings (SSSR count). The largest absolute Gasteiger partial charge is 0.384 e. The second kappa shape index (κ2) is 4.71. The molecule has 0 aliphatic rings. The molecule has 0 aliphatic carbocycles. The maximum absolute atomic E-state index is 5.54. The van der Waals surface area contributed by atoms with Gasteiger partial charge in [0.2, 0.25) is 0 Å². The zero-order valence-corrected chi connectivity index (χ0v) is 10.9. The summed E-state index contributed by atoms with van der Waals surface area (Å²) in [6, 6.07) is 3.69. The van der Waals surface area contributed by atoms with Gasteiger partial charge in [0.05, 0.1) is 0 Å². The molecule has 2 aromatic rings. The van der Waals surface area contributed by atoms with Gasteiger partial charge in [-0.25, -0.2) is 15.0 Å². The Kier molecular flexibility index (Phi) is 3.28. The molecule has 0 aromatic carbocycles. The van der Waals surface area contributed by atoms with Gasteiger partial charge in [-0.15, -0.1) is 0 Å². The Morgan fingerprint density at radius 2 is 1.71 bits per heavy atom. The predicted molar refractivity (Wildman–Crippen MR) is 69.0 cm³/mol. The van der Waals surface area contributed by atoms with Gasteiger partial charge in [-0.2, -0.15) is 0 Å². The van der Waals surface area contributed by atoms with Crippen molar-refractivity contribution in [1.29, 1.82) is 0 Å². The molecule has 0 fully saturated rings. The minimum atomic E-state index is 0.520. The Bertz CT molecular complexity index is 514. The number of nitrogens with two attached hydrogens (primary N) is 1. The van der Waals surface area contributed by atoms with Crippen LogP contribution < -0.4 is 5.73 Å². The molecule has 88 valence electrons. The molecule has 0 amide bonds. The van der Waals surface area contributed by atoms with Gasteiger partial charge in [0.25, 0.3) is 0 Å². The van der Waals surface area contributed by atoms with E-state index in [1.807, 2.05) is 26.8 Å². The van der Waals surface area contributed by atoms with Crippen molar-refractivity contribution in [2.75, 3.05) is 5.73 Å². The lowest BCUT2D eigenvalue weighted by Gasteiger charge is -2.06. The first-order valence-electron chi connectivity index (χ1n) is 5.27. The van der Waals surface area contributed by atoms with Gasteiger partial charge < -0.3 is 5.73 Å². The molecule has 2 aromatic heterocycles. The molecule has 0 bridgehead atoms. The number of anilines is 1. The summed E-state index contributed by atoms with van der Waals surface area (Å²) in [7, 11) is 0. The van der Waals surface area contributed by atoms with Crippen LogP contribution in [0.1, 0.15) is 17.0 Å². The fourth-order valence-electron chi connectivity index (χ4n) is 1.34. The summed E-state index contributed by atoms with van der Waals surface area (Å²) in [5.41, 5.74) is 8.71. The first-order valence-corrected chi connectivity index (χ1v) is 6.09. The third-order valence-electron chi connectivity index (χ3n) is 2.58. The van der Waals surface area contributed by atoms with Crippen molar-refractivity contribution in [1.82, 2.24) is 15.0 Å². The first-order chi connectivity index (χ1) is 8.06. The van der Waals surface area contributed by atoms with E-state index in [1.54, 1.807) is 12.3 Å². The fraction of sp³-hybridized carbons (Fsp3) is 0.250. The van der Waals surface area contributed by atoms with Crippen molar-refractivity contribution in [3.63, 3.8) is 0 Å². The summed E-state index contributed by atoms with van der Waals surface area (Å²) in [5, 5.41) is 0.747. The third-order valence-corrected chi connectivity index (χ3v) is 3.42. The van der Waals surface area contributed by atoms with Crippen molar-refractivity contribution >= 4 is 17.6 Å². The van der Waals surface area contributed by atoms with Crippen LogP contribution >= 0.6 is 11.8 Å². The van der Waals surface area contributed by atoms with E-state index in [0.29, 0.717) is 5.82 Å². The second-order valence-corrected chi connectivity index (χ2v) is 4.86. The fourth-order valence-corrected chi connectivity index (χ4v) is 2.16. The van der Waals surface area contributed by atoms with E-state index < -0.39 is 0 Å². The molecule has 17 heavy (non-hydrogen) atoms. The maximum Gasteiger partial charge on any atom is 0.192 e. The zero-order chi connectivity index (χ0) is 12.4. The standard InChI is InChI=1S/C12H14N4S/c1-7-8(2)15-12(16-9(7)3)17-10-4-5-11(13)14-6-10/h4-6H,1-3H3,(H2,13,14). The van der Waals surface area contributed by atoms with Crippen LogP contribution in [0.4, 0.5) is 5.82 Å². The van der Waals surface area contributed by atoms with Gasteiger partial charge in [0.1, 0.15) is 5.82 Å². The highest BCUT2D eigenvalue weighted by Gasteiger charge is 2.06. The van der Waals surface area contributed by atoms with Gasteiger partial charge in [0.15, 0.2) is 5.16 Å². The van der Waals surface area contributed by atoms with Gasteiger partial charge >= 0.3 is 0 Å². The molecular weight excluding hydrogens is 232 g/mol. The molecule has 5 heteroatoms. The van der Waals surface area contributed by atoms with E-state index in [9.17, 15) is 0 Å². The Hall–Kier alpha value is -1.62. The smallest absolute Gasteiger partial charge is 0.192 e. The van der Waals surface area contributed by atoms with E-state index in [-0.39, 0.29) is 0 Å². The molecule has 0 saturated heterocycles. The van der Waals surface area contributed by atoms with Gasteiger partial charge in [-0.1, -0.05) is 0 Å². The molecule has 0 spiro atoms. The molecule has 0 atom stereocenters. The number of hydrogen-bond acceptors (Lipinski definition) is 5. The minimum Gasteiger partial charge on any atom is -0.384 e. The summed E-state index contributed by atoms with van der Waals surface area (Å²) < 4.78 is 0. The number of aryl methyl sites for hydroxylation is 2. The van der Waals surface area contributed by atoms with E-state index in [0.717, 1.165) is 27.0 Å². The molecule has 2 heterocycles. The summed E-state index contributed by atoms with van der Waals surface area (Å²) in [6.07, 6.45) is 1.73. The first kappa shape index (κ1) is 11.9. The van der Waals surface area contributed by atoms with Crippen molar-refractivity contribution in [3.05, 3.63) is 35.3 Å². The third kappa shape index (κ3) is 2.74. The van der Waals surface area contributed by atoms with Crippen LogP contribution in [0.2, 0.25) is 0 Å².